The van der Waals surface area contributed by atoms with Crippen LogP contribution in [0.15, 0.2) is 0 Å². The molecule has 0 aromatic heterocycles. The average molecular weight is 252 g/mol. The first kappa shape index (κ1) is 11.5. The van der Waals surface area contributed by atoms with Crippen molar-refractivity contribution in [2.24, 2.45) is 29.4 Å². The first-order valence-electron chi connectivity index (χ1n) is 6.75. The van der Waals surface area contributed by atoms with Crippen molar-refractivity contribution in [2.45, 2.75) is 44.6 Å². The molecule has 0 spiro atoms. The highest BCUT2D eigenvalue weighted by Gasteiger charge is 2.44. The Kier molecular flexibility index (Phi) is 2.85. The van der Waals surface area contributed by atoms with Gasteiger partial charge in [-0.15, -0.1) is 0 Å². The molecule has 1 amide bonds. The number of carbonyl (C=O) groups excluding carboxylic acids is 1. The molecular formula is C13H20N2OS. The van der Waals surface area contributed by atoms with Gasteiger partial charge in [0.05, 0.1) is 11.0 Å². The number of hydrogen-bond donors (Lipinski definition) is 2. The lowest BCUT2D eigenvalue weighted by Crippen LogP contribution is -2.47. The Morgan fingerprint density at radius 2 is 2.00 bits per heavy atom. The monoisotopic (exact) mass is 252 g/mol. The maximum absolute atomic E-state index is 12.3. The van der Waals surface area contributed by atoms with Crippen LogP contribution in [0, 0.1) is 23.7 Å². The zero-order valence-corrected chi connectivity index (χ0v) is 10.8. The largest absolute Gasteiger partial charge is 0.392 e. The summed E-state index contributed by atoms with van der Waals surface area (Å²) in [5.41, 5.74) is 5.72. The van der Waals surface area contributed by atoms with Crippen LogP contribution in [0.25, 0.3) is 0 Å². The lowest BCUT2D eigenvalue weighted by atomic mass is 9.88. The molecule has 3 rings (SSSR count). The molecule has 17 heavy (non-hydrogen) atoms. The third kappa shape index (κ3) is 2.19. The van der Waals surface area contributed by atoms with Crippen LogP contribution in [-0.2, 0) is 4.79 Å². The van der Waals surface area contributed by atoms with Crippen molar-refractivity contribution >= 4 is 23.1 Å². The summed E-state index contributed by atoms with van der Waals surface area (Å²) in [7, 11) is 0. The summed E-state index contributed by atoms with van der Waals surface area (Å²) < 4.78 is 0. The Bertz CT molecular complexity index is 353. The molecule has 0 aliphatic heterocycles. The van der Waals surface area contributed by atoms with E-state index in [0.29, 0.717) is 16.8 Å². The first-order chi connectivity index (χ1) is 8.15. The Morgan fingerprint density at radius 3 is 2.47 bits per heavy atom. The zero-order chi connectivity index (χ0) is 12.0. The zero-order valence-electron chi connectivity index (χ0n) is 10.0. The standard InChI is InChI=1S/C13H20N2OS/c14-12(17)11(8-3-4-8)15-13(16)10-6-7-1-2-9(10)5-7/h7-11H,1-6H2,(H2,14,17)(H,15,16). The van der Waals surface area contributed by atoms with E-state index in [4.69, 9.17) is 18.0 Å². The normalized spacial score (nSPS) is 36.8. The molecular weight excluding hydrogens is 232 g/mol. The van der Waals surface area contributed by atoms with E-state index in [0.717, 1.165) is 25.2 Å². The molecule has 4 heteroatoms. The van der Waals surface area contributed by atoms with Gasteiger partial charge in [-0.05, 0) is 49.9 Å². The molecule has 2 bridgehead atoms. The molecule has 0 aromatic carbocycles. The van der Waals surface area contributed by atoms with Gasteiger partial charge in [-0.2, -0.15) is 0 Å². The van der Waals surface area contributed by atoms with Gasteiger partial charge < -0.3 is 11.1 Å². The van der Waals surface area contributed by atoms with Crippen molar-refractivity contribution in [1.82, 2.24) is 5.32 Å². The van der Waals surface area contributed by atoms with Crippen LogP contribution in [0.1, 0.15) is 38.5 Å². The van der Waals surface area contributed by atoms with Gasteiger partial charge in [0.1, 0.15) is 0 Å². The fourth-order valence-corrected chi connectivity index (χ4v) is 3.93. The maximum Gasteiger partial charge on any atom is 0.223 e. The van der Waals surface area contributed by atoms with Crippen LogP contribution in [0.2, 0.25) is 0 Å². The quantitative estimate of drug-likeness (QED) is 0.747. The molecule has 3 nitrogen and oxygen atoms in total. The van der Waals surface area contributed by atoms with Crippen molar-refractivity contribution in [3.05, 3.63) is 0 Å². The number of amides is 1. The van der Waals surface area contributed by atoms with E-state index in [2.05, 4.69) is 5.32 Å². The lowest BCUT2D eigenvalue weighted by molar-refractivity contribution is -0.126. The van der Waals surface area contributed by atoms with E-state index in [1.54, 1.807) is 0 Å². The van der Waals surface area contributed by atoms with E-state index in [-0.39, 0.29) is 17.9 Å². The SMILES string of the molecule is NC(=S)C(NC(=O)C1CC2CCC1C2)C1CC1. The van der Waals surface area contributed by atoms with E-state index in [1.165, 1.54) is 19.3 Å². The molecule has 0 aromatic rings. The summed E-state index contributed by atoms with van der Waals surface area (Å²) in [4.78, 5) is 12.7. The summed E-state index contributed by atoms with van der Waals surface area (Å²) >= 11 is 5.06. The second-order valence-electron chi connectivity index (χ2n) is 6.01. The first-order valence-corrected chi connectivity index (χ1v) is 7.15. The highest BCUT2D eigenvalue weighted by atomic mass is 32.1. The number of thiocarbonyl (C=S) groups is 1. The van der Waals surface area contributed by atoms with Crippen LogP contribution in [0.3, 0.4) is 0 Å². The predicted molar refractivity (Wildman–Crippen MR) is 70.4 cm³/mol. The fraction of sp³-hybridized carbons (Fsp3) is 0.846. The molecule has 0 heterocycles. The van der Waals surface area contributed by atoms with Gasteiger partial charge in [0, 0.05) is 5.92 Å². The van der Waals surface area contributed by atoms with Gasteiger partial charge in [-0.25, -0.2) is 0 Å². The summed E-state index contributed by atoms with van der Waals surface area (Å²) in [5.74, 6) is 2.40. The Labute approximate surface area is 108 Å². The molecule has 94 valence electrons. The van der Waals surface area contributed by atoms with Crippen molar-refractivity contribution in [3.63, 3.8) is 0 Å². The number of nitrogens with two attached hydrogens (primary N) is 1. The number of rotatable bonds is 4. The minimum atomic E-state index is -0.0448. The van der Waals surface area contributed by atoms with Gasteiger partial charge in [0.15, 0.2) is 0 Å². The third-order valence-electron chi connectivity index (χ3n) is 4.77. The van der Waals surface area contributed by atoms with Crippen molar-refractivity contribution < 1.29 is 4.79 Å². The van der Waals surface area contributed by atoms with Crippen LogP contribution >= 0.6 is 12.2 Å². The van der Waals surface area contributed by atoms with E-state index < -0.39 is 0 Å². The second-order valence-corrected chi connectivity index (χ2v) is 6.48. The molecule has 0 saturated heterocycles. The molecule has 3 aliphatic carbocycles. The highest BCUT2D eigenvalue weighted by molar-refractivity contribution is 7.80. The lowest BCUT2D eigenvalue weighted by Gasteiger charge is -2.24. The summed E-state index contributed by atoms with van der Waals surface area (Å²) in [6, 6.07) is -0.0448. The predicted octanol–water partition coefficient (Wildman–Crippen LogP) is 1.60. The van der Waals surface area contributed by atoms with Gasteiger partial charge in [-0.3, -0.25) is 4.79 Å². The van der Waals surface area contributed by atoms with Crippen molar-refractivity contribution in [1.29, 1.82) is 0 Å². The Balaban J connectivity index is 1.60. The number of fused-ring (bicyclic) bond motifs is 2. The topological polar surface area (TPSA) is 55.1 Å². The van der Waals surface area contributed by atoms with Crippen molar-refractivity contribution in [3.8, 4) is 0 Å². The molecule has 4 atom stereocenters. The summed E-state index contributed by atoms with van der Waals surface area (Å²) in [6.45, 7) is 0. The molecule has 0 radical (unpaired) electrons. The molecule has 4 unspecified atom stereocenters. The maximum atomic E-state index is 12.3. The smallest absolute Gasteiger partial charge is 0.223 e. The van der Waals surface area contributed by atoms with Crippen LogP contribution < -0.4 is 11.1 Å². The molecule has 3 aliphatic rings. The fourth-order valence-electron chi connectivity index (χ4n) is 3.68. The average Bonchev–Trinajstić information content (AvgIpc) is 2.90. The summed E-state index contributed by atoms with van der Waals surface area (Å²) in [5, 5.41) is 3.10. The highest BCUT2D eigenvalue weighted by Crippen LogP contribution is 2.48. The number of hydrogen-bond acceptors (Lipinski definition) is 2. The van der Waals surface area contributed by atoms with E-state index in [9.17, 15) is 4.79 Å². The van der Waals surface area contributed by atoms with Gasteiger partial charge in [-0.1, -0.05) is 18.6 Å². The van der Waals surface area contributed by atoms with Crippen LogP contribution in [0.5, 0.6) is 0 Å². The minimum Gasteiger partial charge on any atom is -0.392 e. The molecule has 3 N–H and O–H groups in total. The third-order valence-corrected chi connectivity index (χ3v) is 5.03. The second kappa shape index (κ2) is 4.23. The number of nitrogens with one attached hydrogen (secondary N) is 1. The summed E-state index contributed by atoms with van der Waals surface area (Å²) in [6.07, 6.45) is 7.22. The molecule has 3 fully saturated rings. The Morgan fingerprint density at radius 1 is 1.24 bits per heavy atom. The van der Waals surface area contributed by atoms with Gasteiger partial charge in [0.25, 0.3) is 0 Å². The van der Waals surface area contributed by atoms with E-state index in [1.807, 2.05) is 0 Å². The van der Waals surface area contributed by atoms with Crippen LogP contribution in [0.4, 0.5) is 0 Å². The Hall–Kier alpha value is -0.640. The van der Waals surface area contributed by atoms with Gasteiger partial charge in [0.2, 0.25) is 5.91 Å². The van der Waals surface area contributed by atoms with Crippen LogP contribution in [-0.4, -0.2) is 16.9 Å². The van der Waals surface area contributed by atoms with Gasteiger partial charge >= 0.3 is 0 Å². The molecule has 3 saturated carbocycles. The van der Waals surface area contributed by atoms with Crippen molar-refractivity contribution in [2.75, 3.05) is 0 Å². The van der Waals surface area contributed by atoms with E-state index >= 15 is 0 Å². The minimum absolute atomic E-state index is 0.0448. The number of carbonyl (C=O) groups is 1.